The maximum atomic E-state index is 13.3. The zero-order valence-electron chi connectivity index (χ0n) is 11.6. The van der Waals surface area contributed by atoms with Gasteiger partial charge in [0, 0.05) is 25.1 Å². The highest BCUT2D eigenvalue weighted by Crippen LogP contribution is 2.11. The number of halogens is 1. The summed E-state index contributed by atoms with van der Waals surface area (Å²) < 4.78 is 18.5. The molecule has 1 amide bonds. The molecule has 0 saturated carbocycles. The van der Waals surface area contributed by atoms with Crippen LogP contribution >= 0.6 is 0 Å². The first-order valence-electron chi connectivity index (χ1n) is 6.73. The number of hydrazine groups is 1. The average molecular weight is 292 g/mol. The van der Waals surface area contributed by atoms with Gasteiger partial charge in [0.15, 0.2) is 0 Å². The fourth-order valence-electron chi connectivity index (χ4n) is 1.91. The molecule has 5 nitrogen and oxygen atoms in total. The van der Waals surface area contributed by atoms with E-state index in [1.54, 1.807) is 5.01 Å². The van der Waals surface area contributed by atoms with Crippen LogP contribution in [0.1, 0.15) is 22.3 Å². The lowest BCUT2D eigenvalue weighted by Crippen LogP contribution is -2.48. The molecule has 0 bridgehead atoms. The summed E-state index contributed by atoms with van der Waals surface area (Å²) in [6, 6.07) is 3.86. The van der Waals surface area contributed by atoms with Gasteiger partial charge in [-0.15, -0.1) is 0 Å². The summed E-state index contributed by atoms with van der Waals surface area (Å²) in [6.45, 7) is 2.27. The SMILES string of the molecule is O=C(NN1CCOCC1)c1ccc(F)cc1C#CCCO. The van der Waals surface area contributed by atoms with Gasteiger partial charge in [-0.1, -0.05) is 11.8 Å². The third-order valence-electron chi connectivity index (χ3n) is 2.96. The molecule has 0 radical (unpaired) electrons. The summed E-state index contributed by atoms with van der Waals surface area (Å²) in [6.07, 6.45) is 0.279. The van der Waals surface area contributed by atoms with E-state index in [-0.39, 0.29) is 18.9 Å². The Bertz CT molecular complexity index is 560. The number of hydrogen-bond donors (Lipinski definition) is 2. The van der Waals surface area contributed by atoms with Crippen molar-refractivity contribution in [1.82, 2.24) is 10.4 Å². The van der Waals surface area contributed by atoms with Crippen molar-refractivity contribution in [2.45, 2.75) is 6.42 Å². The molecule has 6 heteroatoms. The maximum absolute atomic E-state index is 13.3. The van der Waals surface area contributed by atoms with Gasteiger partial charge < -0.3 is 9.84 Å². The molecule has 1 heterocycles. The van der Waals surface area contributed by atoms with Crippen molar-refractivity contribution in [1.29, 1.82) is 0 Å². The van der Waals surface area contributed by atoms with Crippen molar-refractivity contribution in [2.24, 2.45) is 0 Å². The Morgan fingerprint density at radius 1 is 1.43 bits per heavy atom. The van der Waals surface area contributed by atoms with Gasteiger partial charge in [0.25, 0.3) is 5.91 Å². The van der Waals surface area contributed by atoms with E-state index >= 15 is 0 Å². The first-order valence-corrected chi connectivity index (χ1v) is 6.73. The number of nitrogens with one attached hydrogen (secondary N) is 1. The lowest BCUT2D eigenvalue weighted by Gasteiger charge is -2.27. The fourth-order valence-corrected chi connectivity index (χ4v) is 1.91. The molecule has 1 aliphatic heterocycles. The van der Waals surface area contributed by atoms with Crippen molar-refractivity contribution in [3.63, 3.8) is 0 Å². The molecular formula is C15H17FN2O3. The highest BCUT2D eigenvalue weighted by atomic mass is 19.1. The molecular weight excluding hydrogens is 275 g/mol. The number of aliphatic hydroxyl groups is 1. The molecule has 2 N–H and O–H groups in total. The first kappa shape index (κ1) is 15.4. The molecule has 0 spiro atoms. The Hall–Kier alpha value is -1.94. The molecule has 0 aliphatic carbocycles. The van der Waals surface area contributed by atoms with Crippen LogP contribution in [-0.2, 0) is 4.74 Å². The highest BCUT2D eigenvalue weighted by molar-refractivity contribution is 5.96. The zero-order chi connectivity index (χ0) is 15.1. The third kappa shape index (κ3) is 4.53. The predicted octanol–water partition coefficient (Wildman–Crippen LogP) is 0.537. The number of carbonyl (C=O) groups excluding carboxylic acids is 1. The number of hydrogen-bond acceptors (Lipinski definition) is 4. The summed E-state index contributed by atoms with van der Waals surface area (Å²) in [4.78, 5) is 12.2. The zero-order valence-corrected chi connectivity index (χ0v) is 11.6. The Balaban J connectivity index is 2.13. The first-order chi connectivity index (χ1) is 10.2. The lowest BCUT2D eigenvalue weighted by atomic mass is 10.1. The molecule has 112 valence electrons. The van der Waals surface area contributed by atoms with Gasteiger partial charge in [-0.25, -0.2) is 9.40 Å². The topological polar surface area (TPSA) is 61.8 Å². The second-order valence-electron chi connectivity index (χ2n) is 4.51. The van der Waals surface area contributed by atoms with Crippen molar-refractivity contribution >= 4 is 5.91 Å². The van der Waals surface area contributed by atoms with Gasteiger partial charge in [0.2, 0.25) is 0 Å². The molecule has 1 aromatic carbocycles. The number of morpholine rings is 1. The van der Waals surface area contributed by atoms with Crippen LogP contribution in [0.3, 0.4) is 0 Å². The van der Waals surface area contributed by atoms with Gasteiger partial charge in [-0.3, -0.25) is 10.2 Å². The van der Waals surface area contributed by atoms with Gasteiger partial charge in [0.1, 0.15) is 5.82 Å². The Morgan fingerprint density at radius 2 is 2.19 bits per heavy atom. The molecule has 21 heavy (non-hydrogen) atoms. The number of rotatable bonds is 3. The Labute approximate surface area is 122 Å². The largest absolute Gasteiger partial charge is 0.395 e. The minimum Gasteiger partial charge on any atom is -0.395 e. The van der Waals surface area contributed by atoms with E-state index in [0.29, 0.717) is 37.4 Å². The Kier molecular flexibility index (Phi) is 5.69. The van der Waals surface area contributed by atoms with Crippen LogP contribution in [0, 0.1) is 17.7 Å². The summed E-state index contributed by atoms with van der Waals surface area (Å²) in [5.41, 5.74) is 3.39. The van der Waals surface area contributed by atoms with Crippen molar-refractivity contribution < 1.29 is 19.0 Å². The average Bonchev–Trinajstić information content (AvgIpc) is 2.48. The third-order valence-corrected chi connectivity index (χ3v) is 2.96. The minimum atomic E-state index is -0.453. The standard InChI is InChI=1S/C15H17FN2O3/c16-13-4-5-14(12(11-13)3-1-2-8-19)15(20)17-18-6-9-21-10-7-18/h4-5,11,19H,2,6-10H2,(H,17,20). The number of carbonyl (C=O) groups is 1. The summed E-state index contributed by atoms with van der Waals surface area (Å²) in [5, 5.41) is 10.5. The second kappa shape index (κ2) is 7.74. The van der Waals surface area contributed by atoms with Crippen molar-refractivity contribution in [3.05, 3.63) is 35.1 Å². The van der Waals surface area contributed by atoms with E-state index in [4.69, 9.17) is 9.84 Å². The van der Waals surface area contributed by atoms with Crippen LogP contribution in [0.15, 0.2) is 18.2 Å². The summed E-state index contributed by atoms with van der Waals surface area (Å²) in [7, 11) is 0. The van der Waals surface area contributed by atoms with Gasteiger partial charge in [-0.2, -0.15) is 0 Å². The molecule has 0 unspecified atom stereocenters. The molecule has 0 aromatic heterocycles. The van der Waals surface area contributed by atoms with E-state index in [2.05, 4.69) is 17.3 Å². The van der Waals surface area contributed by atoms with E-state index in [1.165, 1.54) is 18.2 Å². The van der Waals surface area contributed by atoms with Crippen LogP contribution < -0.4 is 5.43 Å². The van der Waals surface area contributed by atoms with Gasteiger partial charge >= 0.3 is 0 Å². The van der Waals surface area contributed by atoms with Crippen molar-refractivity contribution in [2.75, 3.05) is 32.9 Å². The molecule has 1 aromatic rings. The van der Waals surface area contributed by atoms with E-state index < -0.39 is 5.82 Å². The molecule has 1 fully saturated rings. The second-order valence-corrected chi connectivity index (χ2v) is 4.51. The molecule has 0 atom stereocenters. The number of aliphatic hydroxyl groups excluding tert-OH is 1. The van der Waals surface area contributed by atoms with Crippen LogP contribution in [-0.4, -0.2) is 48.9 Å². The predicted molar refractivity (Wildman–Crippen MR) is 74.8 cm³/mol. The maximum Gasteiger partial charge on any atom is 0.266 e. The quantitative estimate of drug-likeness (QED) is 0.798. The summed E-state index contributed by atoms with van der Waals surface area (Å²) in [5.74, 6) is 4.64. The normalized spacial score (nSPS) is 15.1. The smallest absolute Gasteiger partial charge is 0.266 e. The van der Waals surface area contributed by atoms with E-state index in [9.17, 15) is 9.18 Å². The highest BCUT2D eigenvalue weighted by Gasteiger charge is 2.16. The van der Waals surface area contributed by atoms with Crippen LogP contribution in [0.25, 0.3) is 0 Å². The molecule has 2 rings (SSSR count). The van der Waals surface area contributed by atoms with Gasteiger partial charge in [0.05, 0.1) is 25.4 Å². The number of amides is 1. The van der Waals surface area contributed by atoms with Gasteiger partial charge in [-0.05, 0) is 18.2 Å². The lowest BCUT2D eigenvalue weighted by molar-refractivity contribution is 0.0126. The number of ether oxygens (including phenoxy) is 1. The van der Waals surface area contributed by atoms with E-state index in [1.807, 2.05) is 0 Å². The molecule has 1 saturated heterocycles. The van der Waals surface area contributed by atoms with Crippen LogP contribution in [0.2, 0.25) is 0 Å². The fraction of sp³-hybridized carbons (Fsp3) is 0.400. The summed E-state index contributed by atoms with van der Waals surface area (Å²) >= 11 is 0. The van der Waals surface area contributed by atoms with Crippen LogP contribution in [0.4, 0.5) is 4.39 Å². The van der Waals surface area contributed by atoms with Crippen LogP contribution in [0.5, 0.6) is 0 Å². The minimum absolute atomic E-state index is 0.0718. The van der Waals surface area contributed by atoms with Crippen molar-refractivity contribution in [3.8, 4) is 11.8 Å². The van der Waals surface area contributed by atoms with E-state index in [0.717, 1.165) is 0 Å². The number of benzene rings is 1. The Morgan fingerprint density at radius 3 is 2.90 bits per heavy atom. The molecule has 1 aliphatic rings. The monoisotopic (exact) mass is 292 g/mol. The number of nitrogens with zero attached hydrogens (tertiary/aromatic N) is 1.